The van der Waals surface area contributed by atoms with Gasteiger partial charge in [-0.25, -0.2) is 0 Å². The van der Waals surface area contributed by atoms with E-state index in [1.807, 2.05) is 0 Å². The molecule has 0 saturated heterocycles. The number of hydrogen-bond acceptors (Lipinski definition) is 1. The van der Waals surface area contributed by atoms with E-state index in [2.05, 4.69) is 53.8 Å². The first-order valence-electron chi connectivity index (χ1n) is 4.82. The van der Waals surface area contributed by atoms with Gasteiger partial charge in [0.1, 0.15) is 5.78 Å². The highest BCUT2D eigenvalue weighted by Crippen LogP contribution is 2.13. The Kier molecular flexibility index (Phi) is 4.58. The van der Waals surface area contributed by atoms with Gasteiger partial charge in [0.05, 0.1) is 0 Å². The van der Waals surface area contributed by atoms with Crippen molar-refractivity contribution in [2.45, 2.75) is 26.7 Å². The third-order valence-electron chi connectivity index (χ3n) is 2.13. The van der Waals surface area contributed by atoms with Gasteiger partial charge in [0.25, 0.3) is 0 Å². The Labute approximate surface area is 99.0 Å². The van der Waals surface area contributed by atoms with Crippen molar-refractivity contribution in [3.05, 3.63) is 33.4 Å². The van der Waals surface area contributed by atoms with Crippen LogP contribution in [0.3, 0.4) is 0 Å². The van der Waals surface area contributed by atoms with Crippen molar-refractivity contribution in [3.63, 3.8) is 0 Å². The molecule has 0 aliphatic heterocycles. The minimum absolute atomic E-state index is 0.281. The quantitative estimate of drug-likeness (QED) is 0.779. The first kappa shape index (κ1) is 11.7. The number of benzene rings is 1. The van der Waals surface area contributed by atoms with Gasteiger partial charge in [-0.3, -0.25) is 0 Å². The van der Waals surface area contributed by atoms with Crippen LogP contribution >= 0.6 is 22.6 Å². The second kappa shape index (κ2) is 5.49. The Hall–Kier alpha value is -0.380. The summed E-state index contributed by atoms with van der Waals surface area (Å²) in [6.07, 6.45) is 1.68. The molecule has 0 amide bonds. The molecule has 0 N–H and O–H groups in total. The molecule has 0 aliphatic rings. The maximum Gasteiger partial charge on any atom is 0.130 e. The summed E-state index contributed by atoms with van der Waals surface area (Å²) < 4.78 is 1.26. The molecule has 1 atom stereocenters. The second-order valence-corrected chi connectivity index (χ2v) is 5.09. The van der Waals surface area contributed by atoms with Gasteiger partial charge >= 0.3 is 0 Å². The van der Waals surface area contributed by atoms with Crippen LogP contribution in [0.5, 0.6) is 0 Å². The molecule has 0 bridgehead atoms. The number of carbonyl (C=O) groups is 1. The lowest BCUT2D eigenvalue weighted by Crippen LogP contribution is -2.04. The van der Waals surface area contributed by atoms with E-state index in [1.54, 1.807) is 6.92 Å². The van der Waals surface area contributed by atoms with E-state index in [0.717, 1.165) is 6.42 Å². The van der Waals surface area contributed by atoms with Gasteiger partial charge in [-0.1, -0.05) is 19.1 Å². The van der Waals surface area contributed by atoms with Crippen LogP contribution in [0.25, 0.3) is 0 Å². The van der Waals surface area contributed by atoms with E-state index in [1.165, 1.54) is 9.13 Å². The highest BCUT2D eigenvalue weighted by Gasteiger charge is 2.06. The molecule has 0 spiro atoms. The van der Waals surface area contributed by atoms with Crippen LogP contribution < -0.4 is 0 Å². The Morgan fingerprint density at radius 3 is 2.43 bits per heavy atom. The fourth-order valence-corrected chi connectivity index (χ4v) is 1.95. The van der Waals surface area contributed by atoms with Crippen LogP contribution in [-0.4, -0.2) is 5.78 Å². The van der Waals surface area contributed by atoms with E-state index in [0.29, 0.717) is 12.3 Å². The smallest absolute Gasteiger partial charge is 0.130 e. The van der Waals surface area contributed by atoms with E-state index in [9.17, 15) is 4.79 Å². The van der Waals surface area contributed by atoms with Crippen LogP contribution in [0.4, 0.5) is 0 Å². The topological polar surface area (TPSA) is 17.1 Å². The van der Waals surface area contributed by atoms with Crippen LogP contribution in [0.2, 0.25) is 0 Å². The fraction of sp³-hybridized carbons (Fsp3) is 0.417. The monoisotopic (exact) mass is 302 g/mol. The zero-order valence-electron chi connectivity index (χ0n) is 8.59. The Morgan fingerprint density at radius 1 is 1.36 bits per heavy atom. The lowest BCUT2D eigenvalue weighted by Gasteiger charge is -2.08. The molecule has 0 aliphatic carbocycles. The van der Waals surface area contributed by atoms with Gasteiger partial charge in [0.15, 0.2) is 0 Å². The van der Waals surface area contributed by atoms with Crippen molar-refractivity contribution in [1.82, 2.24) is 0 Å². The zero-order chi connectivity index (χ0) is 10.6. The molecule has 1 unspecified atom stereocenters. The van der Waals surface area contributed by atoms with Crippen molar-refractivity contribution in [2.24, 2.45) is 5.92 Å². The molecule has 0 heterocycles. The summed E-state index contributed by atoms with van der Waals surface area (Å²) in [6, 6.07) is 8.49. The summed E-state index contributed by atoms with van der Waals surface area (Å²) in [7, 11) is 0. The van der Waals surface area contributed by atoms with Crippen LogP contribution in [-0.2, 0) is 11.2 Å². The number of Topliss-reactive ketones (excluding diaryl/α,β-unsaturated/α-hetero) is 1. The molecular formula is C12H15IO. The Balaban J connectivity index is 2.51. The van der Waals surface area contributed by atoms with E-state index < -0.39 is 0 Å². The van der Waals surface area contributed by atoms with Gasteiger partial charge in [-0.05, 0) is 59.5 Å². The van der Waals surface area contributed by atoms with Crippen LogP contribution in [0.1, 0.15) is 25.8 Å². The van der Waals surface area contributed by atoms with Gasteiger partial charge in [-0.2, -0.15) is 0 Å². The van der Waals surface area contributed by atoms with Crippen molar-refractivity contribution < 1.29 is 4.79 Å². The molecule has 1 aromatic rings. The normalized spacial score (nSPS) is 12.5. The van der Waals surface area contributed by atoms with Crippen LogP contribution in [0.15, 0.2) is 24.3 Å². The third-order valence-corrected chi connectivity index (χ3v) is 2.85. The minimum Gasteiger partial charge on any atom is -0.300 e. The SMILES string of the molecule is CC(=O)CC(C)Cc1ccc(I)cc1. The zero-order valence-corrected chi connectivity index (χ0v) is 10.7. The molecule has 76 valence electrons. The maximum atomic E-state index is 10.9. The molecular weight excluding hydrogens is 287 g/mol. The van der Waals surface area contributed by atoms with Crippen molar-refractivity contribution >= 4 is 28.4 Å². The number of ketones is 1. The van der Waals surface area contributed by atoms with Crippen LogP contribution in [0, 0.1) is 9.49 Å². The third kappa shape index (κ3) is 4.22. The summed E-state index contributed by atoms with van der Waals surface area (Å²) in [5.41, 5.74) is 1.32. The van der Waals surface area contributed by atoms with Gasteiger partial charge in [0.2, 0.25) is 0 Å². The Morgan fingerprint density at radius 2 is 1.93 bits per heavy atom. The summed E-state index contributed by atoms with van der Waals surface area (Å²) in [5, 5.41) is 0. The molecule has 14 heavy (non-hydrogen) atoms. The average molecular weight is 302 g/mol. The predicted octanol–water partition coefficient (Wildman–Crippen LogP) is 3.45. The maximum absolute atomic E-state index is 10.9. The number of halogens is 1. The molecule has 0 saturated carbocycles. The summed E-state index contributed by atoms with van der Waals surface area (Å²) in [6.45, 7) is 3.78. The highest BCUT2D eigenvalue weighted by molar-refractivity contribution is 14.1. The second-order valence-electron chi connectivity index (χ2n) is 3.84. The molecule has 0 aromatic heterocycles. The van der Waals surface area contributed by atoms with Gasteiger partial charge in [-0.15, -0.1) is 0 Å². The highest BCUT2D eigenvalue weighted by atomic mass is 127. The van der Waals surface area contributed by atoms with E-state index in [-0.39, 0.29) is 5.78 Å². The number of hydrogen-bond donors (Lipinski definition) is 0. The summed E-state index contributed by atoms with van der Waals surface area (Å²) >= 11 is 2.30. The van der Waals surface area contributed by atoms with E-state index >= 15 is 0 Å². The predicted molar refractivity (Wildman–Crippen MR) is 67.3 cm³/mol. The number of rotatable bonds is 4. The van der Waals surface area contributed by atoms with E-state index in [4.69, 9.17) is 0 Å². The van der Waals surface area contributed by atoms with Gasteiger partial charge in [0, 0.05) is 9.99 Å². The van der Waals surface area contributed by atoms with Crippen molar-refractivity contribution in [3.8, 4) is 0 Å². The summed E-state index contributed by atoms with van der Waals surface area (Å²) in [5.74, 6) is 0.732. The molecule has 2 heteroatoms. The largest absolute Gasteiger partial charge is 0.300 e. The standard InChI is InChI=1S/C12H15IO/c1-9(7-10(2)14)8-11-3-5-12(13)6-4-11/h3-6,9H,7-8H2,1-2H3. The molecule has 0 radical (unpaired) electrons. The lowest BCUT2D eigenvalue weighted by molar-refractivity contribution is -0.117. The molecule has 1 aromatic carbocycles. The van der Waals surface area contributed by atoms with Crippen molar-refractivity contribution in [1.29, 1.82) is 0 Å². The number of carbonyl (C=O) groups excluding carboxylic acids is 1. The average Bonchev–Trinajstić information content (AvgIpc) is 2.07. The first-order chi connectivity index (χ1) is 6.58. The van der Waals surface area contributed by atoms with Gasteiger partial charge < -0.3 is 4.79 Å². The first-order valence-corrected chi connectivity index (χ1v) is 5.89. The molecule has 1 rings (SSSR count). The molecule has 1 nitrogen and oxygen atoms in total. The summed E-state index contributed by atoms with van der Waals surface area (Å²) in [4.78, 5) is 10.9. The minimum atomic E-state index is 0.281. The lowest BCUT2D eigenvalue weighted by atomic mass is 9.97. The van der Waals surface area contributed by atoms with Crippen molar-refractivity contribution in [2.75, 3.05) is 0 Å². The fourth-order valence-electron chi connectivity index (χ4n) is 1.59. The molecule has 0 fully saturated rings. The Bertz CT molecular complexity index is 303.